The molecule has 0 amide bonds. The largest absolute Gasteiger partial charge is 0.448 e. The van der Waals surface area contributed by atoms with Crippen LogP contribution in [-0.4, -0.2) is 25.8 Å². The lowest BCUT2D eigenvalue weighted by atomic mass is 10.1. The van der Waals surface area contributed by atoms with Crippen molar-refractivity contribution in [2.45, 2.75) is 36.4 Å². The Hall–Kier alpha value is -3.17. The first-order valence-electron chi connectivity index (χ1n) is 10.5. The monoisotopic (exact) mass is 521 g/mol. The van der Waals surface area contributed by atoms with Crippen LogP contribution in [0.2, 0.25) is 0 Å². The average Bonchev–Trinajstić information content (AvgIpc) is 3.44. The lowest BCUT2D eigenvalue weighted by molar-refractivity contribution is 0.468. The Bertz CT molecular complexity index is 1520. The van der Waals surface area contributed by atoms with Crippen molar-refractivity contribution in [1.29, 1.82) is 0 Å². The number of hydrogen-bond acceptors (Lipinski definition) is 6. The molecule has 0 aliphatic rings. The summed E-state index contributed by atoms with van der Waals surface area (Å²) >= 11 is 4.82. The van der Waals surface area contributed by atoms with Crippen LogP contribution in [0.25, 0.3) is 21.9 Å². The molecule has 1 N–H and O–H groups in total. The van der Waals surface area contributed by atoms with E-state index in [1.807, 2.05) is 55.5 Å². The summed E-state index contributed by atoms with van der Waals surface area (Å²) < 4.78 is 8.08. The first-order valence-corrected chi connectivity index (χ1v) is 12.1. The number of nitrogens with zero attached hydrogens (tertiary/aromatic N) is 4. The molecule has 9 heteroatoms. The minimum Gasteiger partial charge on any atom is -0.448 e. The fraction of sp³-hybridized carbons (Fsp3) is 0.167. The van der Waals surface area contributed by atoms with Crippen LogP contribution in [-0.2, 0) is 0 Å². The predicted octanol–water partition coefficient (Wildman–Crippen LogP) is 6.18. The fourth-order valence-electron chi connectivity index (χ4n) is 3.43. The van der Waals surface area contributed by atoms with E-state index in [9.17, 15) is 4.79 Å². The van der Waals surface area contributed by atoms with Gasteiger partial charge in [0.05, 0.1) is 28.2 Å². The summed E-state index contributed by atoms with van der Waals surface area (Å²) in [5, 5.41) is 6.38. The number of imidazole rings is 1. The number of benzene rings is 2. The maximum atomic E-state index is 13.2. The van der Waals surface area contributed by atoms with Gasteiger partial charge in [-0.25, -0.2) is 9.97 Å². The van der Waals surface area contributed by atoms with Gasteiger partial charge in [-0.3, -0.25) is 4.79 Å². The molecule has 0 bridgehead atoms. The van der Waals surface area contributed by atoms with Crippen LogP contribution in [0.5, 0.6) is 0 Å². The molecule has 0 saturated carbocycles. The van der Waals surface area contributed by atoms with Gasteiger partial charge in [-0.1, -0.05) is 41.9 Å². The summed E-state index contributed by atoms with van der Waals surface area (Å²) in [4.78, 5) is 25.8. The van der Waals surface area contributed by atoms with E-state index in [0.29, 0.717) is 27.6 Å². The van der Waals surface area contributed by atoms with E-state index in [2.05, 4.69) is 37.9 Å². The van der Waals surface area contributed by atoms with Crippen molar-refractivity contribution < 1.29 is 4.42 Å². The topological polar surface area (TPSA) is 89.1 Å². The van der Waals surface area contributed by atoms with Crippen LogP contribution in [0.1, 0.15) is 37.8 Å². The van der Waals surface area contributed by atoms with Gasteiger partial charge < -0.3 is 9.40 Å². The zero-order valence-corrected chi connectivity index (χ0v) is 20.4. The molecular formula is C24H20BrN5O2S. The van der Waals surface area contributed by atoms with Gasteiger partial charge in [-0.05, 0) is 60.6 Å². The van der Waals surface area contributed by atoms with Crippen molar-refractivity contribution in [2.75, 3.05) is 0 Å². The summed E-state index contributed by atoms with van der Waals surface area (Å²) in [7, 11) is 0. The Morgan fingerprint density at radius 2 is 2.03 bits per heavy atom. The number of rotatable bonds is 6. The SMILES string of the molecule is CC[C@H](C)c1nc2ccc(Br)cc2c(=O)n1N=Cc1ccc(Sc2nc3ccccc3[nH]2)o1. The summed E-state index contributed by atoms with van der Waals surface area (Å²) in [6, 6.07) is 17.0. The minimum absolute atomic E-state index is 0.0682. The van der Waals surface area contributed by atoms with Crippen LogP contribution < -0.4 is 5.56 Å². The van der Waals surface area contributed by atoms with Crippen LogP contribution >= 0.6 is 27.7 Å². The van der Waals surface area contributed by atoms with E-state index in [0.717, 1.165) is 27.1 Å². The molecule has 1 atom stereocenters. The van der Waals surface area contributed by atoms with Crippen molar-refractivity contribution >= 4 is 55.8 Å². The van der Waals surface area contributed by atoms with Crippen molar-refractivity contribution in [3.63, 3.8) is 0 Å². The van der Waals surface area contributed by atoms with Gasteiger partial charge in [0.15, 0.2) is 10.2 Å². The van der Waals surface area contributed by atoms with Crippen molar-refractivity contribution in [3.8, 4) is 0 Å². The second-order valence-electron chi connectivity index (χ2n) is 7.62. The van der Waals surface area contributed by atoms with Gasteiger partial charge in [-0.15, -0.1) is 0 Å². The zero-order valence-electron chi connectivity index (χ0n) is 17.9. The maximum Gasteiger partial charge on any atom is 0.282 e. The number of H-pyrrole nitrogens is 1. The smallest absolute Gasteiger partial charge is 0.282 e. The second-order valence-corrected chi connectivity index (χ2v) is 9.53. The van der Waals surface area contributed by atoms with Crippen molar-refractivity contribution in [3.05, 3.63) is 81.0 Å². The van der Waals surface area contributed by atoms with Crippen molar-refractivity contribution in [1.82, 2.24) is 19.6 Å². The third kappa shape index (κ3) is 4.38. The lowest BCUT2D eigenvalue weighted by Crippen LogP contribution is -2.23. The highest BCUT2D eigenvalue weighted by atomic mass is 79.9. The Morgan fingerprint density at radius 3 is 2.85 bits per heavy atom. The predicted molar refractivity (Wildman–Crippen MR) is 134 cm³/mol. The number of furan rings is 1. The van der Waals surface area contributed by atoms with E-state index in [1.165, 1.54) is 16.4 Å². The van der Waals surface area contributed by atoms with Gasteiger partial charge in [0.25, 0.3) is 5.56 Å². The third-order valence-electron chi connectivity index (χ3n) is 5.35. The second kappa shape index (κ2) is 8.99. The molecule has 0 unspecified atom stereocenters. The first kappa shape index (κ1) is 21.7. The quantitative estimate of drug-likeness (QED) is 0.269. The molecule has 2 aromatic carbocycles. The normalized spacial score (nSPS) is 12.8. The Morgan fingerprint density at radius 1 is 1.18 bits per heavy atom. The number of fused-ring (bicyclic) bond motifs is 2. The number of para-hydroxylation sites is 2. The molecule has 0 saturated heterocycles. The number of nitrogens with one attached hydrogen (secondary N) is 1. The molecule has 3 aromatic heterocycles. The van der Waals surface area contributed by atoms with Crippen LogP contribution in [0, 0.1) is 0 Å². The number of hydrogen-bond donors (Lipinski definition) is 1. The summed E-state index contributed by atoms with van der Waals surface area (Å²) in [5.41, 5.74) is 2.32. The first-order chi connectivity index (χ1) is 16.0. The Balaban J connectivity index is 1.46. The number of halogens is 1. The molecule has 0 aliphatic heterocycles. The van der Waals surface area contributed by atoms with Gasteiger partial charge in [0.2, 0.25) is 0 Å². The third-order valence-corrected chi connectivity index (χ3v) is 6.65. The number of aromatic amines is 1. The molecule has 33 heavy (non-hydrogen) atoms. The van der Waals surface area contributed by atoms with E-state index in [4.69, 9.17) is 9.40 Å². The van der Waals surface area contributed by atoms with E-state index in [-0.39, 0.29) is 11.5 Å². The molecule has 166 valence electrons. The summed E-state index contributed by atoms with van der Waals surface area (Å²) in [6.07, 6.45) is 2.38. The van der Waals surface area contributed by atoms with Crippen LogP contribution in [0.3, 0.4) is 0 Å². The molecular weight excluding hydrogens is 502 g/mol. The fourth-order valence-corrected chi connectivity index (χ4v) is 4.56. The highest BCUT2D eigenvalue weighted by Crippen LogP contribution is 2.28. The molecule has 0 aliphatic carbocycles. The molecule has 0 fully saturated rings. The maximum absolute atomic E-state index is 13.2. The molecule has 3 heterocycles. The van der Waals surface area contributed by atoms with Crippen LogP contribution in [0.15, 0.2) is 83.6 Å². The van der Waals surface area contributed by atoms with Crippen LogP contribution in [0.4, 0.5) is 0 Å². The number of aromatic nitrogens is 4. The molecule has 5 aromatic rings. The summed E-state index contributed by atoms with van der Waals surface area (Å²) in [5.74, 6) is 1.22. The molecule has 0 radical (unpaired) electrons. The van der Waals surface area contributed by atoms with E-state index in [1.54, 1.807) is 12.3 Å². The molecule has 7 nitrogen and oxygen atoms in total. The standard InChI is InChI=1S/C24H20BrN5O2S/c1-3-14(2)22-27-18-10-8-15(25)12-17(18)23(31)30(22)26-13-16-9-11-21(32-16)33-24-28-19-6-4-5-7-20(19)29-24/h4-14H,3H2,1-2H3,(H,28,29)/t14-/m0/s1. The van der Waals surface area contributed by atoms with Gasteiger partial charge in [0.1, 0.15) is 11.6 Å². The Kier molecular flexibility index (Phi) is 5.90. The van der Waals surface area contributed by atoms with E-state index >= 15 is 0 Å². The molecule has 5 rings (SSSR count). The zero-order chi connectivity index (χ0) is 22.9. The van der Waals surface area contributed by atoms with E-state index < -0.39 is 0 Å². The summed E-state index contributed by atoms with van der Waals surface area (Å²) in [6.45, 7) is 4.10. The van der Waals surface area contributed by atoms with Gasteiger partial charge >= 0.3 is 0 Å². The average molecular weight is 522 g/mol. The van der Waals surface area contributed by atoms with Gasteiger partial charge in [0, 0.05) is 10.4 Å². The minimum atomic E-state index is -0.212. The highest BCUT2D eigenvalue weighted by Gasteiger charge is 2.16. The lowest BCUT2D eigenvalue weighted by Gasteiger charge is -2.13. The van der Waals surface area contributed by atoms with Crippen molar-refractivity contribution in [2.24, 2.45) is 5.10 Å². The Labute approximate surface area is 202 Å². The van der Waals surface area contributed by atoms with Gasteiger partial charge in [-0.2, -0.15) is 9.78 Å². The molecule has 0 spiro atoms. The highest BCUT2D eigenvalue weighted by molar-refractivity contribution is 9.10.